The lowest BCUT2D eigenvalue weighted by Crippen LogP contribution is -2.25. The predicted octanol–water partition coefficient (Wildman–Crippen LogP) is 3.62. The van der Waals surface area contributed by atoms with Crippen LogP contribution in [-0.2, 0) is 19.1 Å². The first kappa shape index (κ1) is 17.9. The van der Waals surface area contributed by atoms with E-state index in [9.17, 15) is 9.59 Å². The SMILES string of the molecule is CCCCCC(COC(=O)CCC)OC(=O)CCC. The van der Waals surface area contributed by atoms with Crippen LogP contribution in [0, 0.1) is 0 Å². The Kier molecular flexibility index (Phi) is 11.3. The van der Waals surface area contributed by atoms with E-state index in [1.54, 1.807) is 0 Å². The fourth-order valence-electron chi connectivity index (χ4n) is 1.71. The Morgan fingerprint density at radius 3 is 2.11 bits per heavy atom. The predicted molar refractivity (Wildman–Crippen MR) is 74.8 cm³/mol. The first-order chi connectivity index (χ1) is 9.13. The number of rotatable bonds is 11. The van der Waals surface area contributed by atoms with Gasteiger partial charge in [0.2, 0.25) is 0 Å². The van der Waals surface area contributed by atoms with Gasteiger partial charge in [-0.15, -0.1) is 0 Å². The second kappa shape index (κ2) is 12.0. The molecule has 0 rings (SSSR count). The van der Waals surface area contributed by atoms with Crippen LogP contribution in [0.3, 0.4) is 0 Å². The first-order valence-electron chi connectivity index (χ1n) is 7.49. The Labute approximate surface area is 116 Å². The molecule has 0 saturated heterocycles. The minimum Gasteiger partial charge on any atom is -0.462 e. The zero-order chi connectivity index (χ0) is 14.5. The molecule has 4 heteroatoms. The highest BCUT2D eigenvalue weighted by molar-refractivity contribution is 5.70. The molecule has 0 radical (unpaired) electrons. The van der Waals surface area contributed by atoms with Gasteiger partial charge in [-0.1, -0.05) is 33.6 Å². The number of carbonyl (C=O) groups excluding carboxylic acids is 2. The van der Waals surface area contributed by atoms with Gasteiger partial charge in [-0.05, 0) is 25.7 Å². The summed E-state index contributed by atoms with van der Waals surface area (Å²) in [6.45, 7) is 6.19. The minimum atomic E-state index is -0.286. The number of carbonyl (C=O) groups is 2. The summed E-state index contributed by atoms with van der Waals surface area (Å²) in [5.74, 6) is -0.412. The van der Waals surface area contributed by atoms with Gasteiger partial charge in [0.25, 0.3) is 0 Å². The van der Waals surface area contributed by atoms with Gasteiger partial charge in [0.05, 0.1) is 0 Å². The van der Waals surface area contributed by atoms with Gasteiger partial charge in [-0.25, -0.2) is 0 Å². The molecule has 0 aromatic heterocycles. The molecular formula is C15H28O4. The van der Waals surface area contributed by atoms with Gasteiger partial charge < -0.3 is 9.47 Å². The van der Waals surface area contributed by atoms with E-state index in [-0.39, 0.29) is 24.6 Å². The van der Waals surface area contributed by atoms with Crippen molar-refractivity contribution in [1.82, 2.24) is 0 Å². The molecule has 0 heterocycles. The summed E-state index contributed by atoms with van der Waals surface area (Å²) in [5.41, 5.74) is 0. The molecule has 4 nitrogen and oxygen atoms in total. The van der Waals surface area contributed by atoms with Crippen molar-refractivity contribution < 1.29 is 19.1 Å². The van der Waals surface area contributed by atoms with Crippen molar-refractivity contribution in [3.63, 3.8) is 0 Å². The third kappa shape index (κ3) is 10.5. The summed E-state index contributed by atoms with van der Waals surface area (Å²) in [6, 6.07) is 0. The fourth-order valence-corrected chi connectivity index (χ4v) is 1.71. The molecule has 0 aromatic carbocycles. The van der Waals surface area contributed by atoms with E-state index in [1.165, 1.54) is 0 Å². The second-order valence-corrected chi connectivity index (χ2v) is 4.79. The van der Waals surface area contributed by atoms with Crippen molar-refractivity contribution in [3.05, 3.63) is 0 Å². The summed E-state index contributed by atoms with van der Waals surface area (Å²) in [4.78, 5) is 22.8. The van der Waals surface area contributed by atoms with E-state index >= 15 is 0 Å². The van der Waals surface area contributed by atoms with Gasteiger partial charge in [0.15, 0.2) is 0 Å². The molecule has 0 N–H and O–H groups in total. The molecular weight excluding hydrogens is 244 g/mol. The monoisotopic (exact) mass is 272 g/mol. The molecule has 0 saturated carbocycles. The second-order valence-electron chi connectivity index (χ2n) is 4.79. The molecule has 0 aromatic rings. The molecule has 0 fully saturated rings. The smallest absolute Gasteiger partial charge is 0.306 e. The van der Waals surface area contributed by atoms with Crippen LogP contribution in [-0.4, -0.2) is 24.6 Å². The summed E-state index contributed by atoms with van der Waals surface area (Å²) in [6.07, 6.45) is 6.08. The van der Waals surface area contributed by atoms with Crippen molar-refractivity contribution in [2.24, 2.45) is 0 Å². The summed E-state index contributed by atoms with van der Waals surface area (Å²) in [7, 11) is 0. The average Bonchev–Trinajstić information content (AvgIpc) is 2.36. The molecule has 1 atom stereocenters. The van der Waals surface area contributed by atoms with E-state index in [2.05, 4.69) is 6.92 Å². The zero-order valence-electron chi connectivity index (χ0n) is 12.6. The molecule has 0 aliphatic carbocycles. The number of hydrogen-bond donors (Lipinski definition) is 0. The minimum absolute atomic E-state index is 0.192. The van der Waals surface area contributed by atoms with Crippen molar-refractivity contribution in [1.29, 1.82) is 0 Å². The standard InChI is InChI=1S/C15H28O4/c1-4-7-8-11-13(19-15(17)10-6-3)12-18-14(16)9-5-2/h13H,4-12H2,1-3H3. The third-order valence-electron chi connectivity index (χ3n) is 2.77. The van der Waals surface area contributed by atoms with Crippen molar-refractivity contribution in [2.45, 2.75) is 78.2 Å². The molecule has 0 amide bonds. The molecule has 0 bridgehead atoms. The Bertz CT molecular complexity index is 251. The van der Waals surface area contributed by atoms with Crippen LogP contribution in [0.15, 0.2) is 0 Å². The Balaban J connectivity index is 4.08. The molecule has 0 aliphatic rings. The van der Waals surface area contributed by atoms with E-state index < -0.39 is 0 Å². The Morgan fingerprint density at radius 1 is 0.895 bits per heavy atom. The normalized spacial score (nSPS) is 11.9. The van der Waals surface area contributed by atoms with Gasteiger partial charge in [0, 0.05) is 12.8 Å². The van der Waals surface area contributed by atoms with Gasteiger partial charge >= 0.3 is 11.9 Å². The Morgan fingerprint density at radius 2 is 1.53 bits per heavy atom. The quantitative estimate of drug-likeness (QED) is 0.426. The molecule has 0 spiro atoms. The highest BCUT2D eigenvalue weighted by atomic mass is 16.6. The lowest BCUT2D eigenvalue weighted by Gasteiger charge is -2.17. The maximum atomic E-state index is 11.5. The van der Waals surface area contributed by atoms with Gasteiger partial charge in [0.1, 0.15) is 12.7 Å². The van der Waals surface area contributed by atoms with Gasteiger partial charge in [-0.3, -0.25) is 9.59 Å². The van der Waals surface area contributed by atoms with E-state index in [0.29, 0.717) is 12.8 Å². The van der Waals surface area contributed by atoms with Gasteiger partial charge in [-0.2, -0.15) is 0 Å². The van der Waals surface area contributed by atoms with E-state index in [0.717, 1.165) is 38.5 Å². The van der Waals surface area contributed by atoms with Crippen molar-refractivity contribution >= 4 is 11.9 Å². The van der Waals surface area contributed by atoms with Crippen LogP contribution >= 0.6 is 0 Å². The molecule has 1 unspecified atom stereocenters. The van der Waals surface area contributed by atoms with E-state index in [4.69, 9.17) is 9.47 Å². The van der Waals surface area contributed by atoms with Crippen LogP contribution < -0.4 is 0 Å². The highest BCUT2D eigenvalue weighted by Gasteiger charge is 2.16. The number of unbranched alkanes of at least 4 members (excludes halogenated alkanes) is 2. The fraction of sp³-hybridized carbons (Fsp3) is 0.867. The maximum absolute atomic E-state index is 11.5. The van der Waals surface area contributed by atoms with Crippen molar-refractivity contribution in [2.75, 3.05) is 6.61 Å². The molecule has 0 aliphatic heterocycles. The number of esters is 2. The van der Waals surface area contributed by atoms with Crippen LogP contribution in [0.1, 0.15) is 72.1 Å². The lowest BCUT2D eigenvalue weighted by molar-refractivity contribution is -0.159. The molecule has 19 heavy (non-hydrogen) atoms. The number of ether oxygens (including phenoxy) is 2. The van der Waals surface area contributed by atoms with Crippen molar-refractivity contribution in [3.8, 4) is 0 Å². The third-order valence-corrected chi connectivity index (χ3v) is 2.77. The summed E-state index contributed by atoms with van der Waals surface area (Å²) >= 11 is 0. The first-order valence-corrected chi connectivity index (χ1v) is 7.49. The average molecular weight is 272 g/mol. The van der Waals surface area contributed by atoms with Crippen LogP contribution in [0.25, 0.3) is 0 Å². The molecule has 112 valence electrons. The maximum Gasteiger partial charge on any atom is 0.306 e. The van der Waals surface area contributed by atoms with Crippen LogP contribution in [0.2, 0.25) is 0 Å². The van der Waals surface area contributed by atoms with E-state index in [1.807, 2.05) is 13.8 Å². The zero-order valence-corrected chi connectivity index (χ0v) is 12.6. The summed E-state index contributed by atoms with van der Waals surface area (Å²) < 4.78 is 10.5. The highest BCUT2D eigenvalue weighted by Crippen LogP contribution is 2.10. The summed E-state index contributed by atoms with van der Waals surface area (Å²) in [5, 5.41) is 0. The Hall–Kier alpha value is -1.06. The number of hydrogen-bond acceptors (Lipinski definition) is 4. The lowest BCUT2D eigenvalue weighted by atomic mass is 10.1. The largest absolute Gasteiger partial charge is 0.462 e. The van der Waals surface area contributed by atoms with Crippen LogP contribution in [0.5, 0.6) is 0 Å². The topological polar surface area (TPSA) is 52.6 Å². The van der Waals surface area contributed by atoms with Crippen LogP contribution in [0.4, 0.5) is 0 Å².